The third-order valence-corrected chi connectivity index (χ3v) is 3.77. The predicted molar refractivity (Wildman–Crippen MR) is 107 cm³/mol. The van der Waals surface area contributed by atoms with Crippen LogP contribution in [-0.2, 0) is 4.79 Å². The van der Waals surface area contributed by atoms with Crippen molar-refractivity contribution < 1.29 is 9.59 Å². The van der Waals surface area contributed by atoms with E-state index in [1.807, 2.05) is 0 Å². The van der Waals surface area contributed by atoms with Gasteiger partial charge in [0.25, 0.3) is 5.91 Å². The quantitative estimate of drug-likeness (QED) is 0.671. The fraction of sp³-hybridized carbons (Fsp3) is 0.278. The minimum Gasteiger partial charge on any atom is -0.325 e. The summed E-state index contributed by atoms with van der Waals surface area (Å²) in [6, 6.07) is 10.3. The minimum absolute atomic E-state index is 0. The lowest BCUT2D eigenvalue weighted by Gasteiger charge is -2.08. The first-order chi connectivity index (χ1) is 11.7. The van der Waals surface area contributed by atoms with Crippen molar-refractivity contribution in [3.05, 3.63) is 54.4 Å². The molecule has 26 heavy (non-hydrogen) atoms. The highest BCUT2D eigenvalue weighted by atomic mass is 35.5. The molecule has 6 nitrogen and oxygen atoms in total. The Balaban J connectivity index is 0.00000169. The van der Waals surface area contributed by atoms with Crippen LogP contribution in [0.2, 0.25) is 0 Å². The van der Waals surface area contributed by atoms with Crippen molar-refractivity contribution in [1.29, 1.82) is 0 Å². The number of aromatic nitrogens is 1. The Kier molecular flexibility index (Phi) is 9.05. The number of amides is 2. The molecular formula is C18H22Cl2N4O2. The smallest absolute Gasteiger partial charge is 0.255 e. The molecule has 0 atom stereocenters. The number of pyridine rings is 1. The van der Waals surface area contributed by atoms with Crippen molar-refractivity contribution in [2.75, 3.05) is 23.7 Å². The number of nitrogens with zero attached hydrogens (tertiary/aromatic N) is 1. The van der Waals surface area contributed by atoms with Crippen LogP contribution in [0.1, 0.15) is 23.2 Å². The fourth-order valence-corrected chi connectivity index (χ4v) is 2.26. The average molecular weight is 397 g/mol. The van der Waals surface area contributed by atoms with Gasteiger partial charge in [0, 0.05) is 17.4 Å². The SMILES string of the molecule is Cl.Cl.O=C(CNCC1CC1)Nc1ccc(C(=O)Nc2cccnc2)cc1. The van der Waals surface area contributed by atoms with Crippen LogP contribution in [0.5, 0.6) is 0 Å². The zero-order chi connectivity index (χ0) is 16.8. The van der Waals surface area contributed by atoms with Gasteiger partial charge in [-0.05, 0) is 61.7 Å². The third kappa shape index (κ3) is 7.00. The molecule has 0 spiro atoms. The Morgan fingerprint density at radius 3 is 2.35 bits per heavy atom. The van der Waals surface area contributed by atoms with Crippen molar-refractivity contribution >= 4 is 48.0 Å². The molecule has 0 bridgehead atoms. The normalized spacial score (nSPS) is 12.3. The molecule has 2 amide bonds. The van der Waals surface area contributed by atoms with Crippen LogP contribution in [0, 0.1) is 5.92 Å². The molecule has 3 N–H and O–H groups in total. The number of rotatable bonds is 7. The zero-order valence-corrected chi connectivity index (χ0v) is 15.7. The second-order valence-corrected chi connectivity index (χ2v) is 5.90. The lowest BCUT2D eigenvalue weighted by atomic mass is 10.2. The Labute approximate surface area is 165 Å². The molecule has 0 radical (unpaired) electrons. The minimum atomic E-state index is -0.216. The number of carbonyl (C=O) groups is 2. The number of carbonyl (C=O) groups excluding carboxylic acids is 2. The monoisotopic (exact) mass is 396 g/mol. The number of nitrogens with one attached hydrogen (secondary N) is 3. The maximum Gasteiger partial charge on any atom is 0.255 e. The van der Waals surface area contributed by atoms with Gasteiger partial charge < -0.3 is 16.0 Å². The predicted octanol–water partition coefficient (Wildman–Crippen LogP) is 3.12. The van der Waals surface area contributed by atoms with Crippen molar-refractivity contribution in [2.45, 2.75) is 12.8 Å². The Hall–Kier alpha value is -2.15. The molecule has 140 valence electrons. The van der Waals surface area contributed by atoms with E-state index in [-0.39, 0.29) is 36.6 Å². The molecule has 1 heterocycles. The standard InChI is InChI=1S/C18H20N4O2.2ClH/c23-17(12-20-10-13-3-4-13)21-15-7-5-14(6-8-15)18(24)22-16-2-1-9-19-11-16;;/h1-2,5-9,11,13,20H,3-4,10,12H2,(H,21,23)(H,22,24);2*1H. The van der Waals surface area contributed by atoms with E-state index < -0.39 is 0 Å². The molecule has 1 aliphatic carbocycles. The molecular weight excluding hydrogens is 375 g/mol. The summed E-state index contributed by atoms with van der Waals surface area (Å²) >= 11 is 0. The largest absolute Gasteiger partial charge is 0.325 e. The summed E-state index contributed by atoms with van der Waals surface area (Å²) in [7, 11) is 0. The van der Waals surface area contributed by atoms with E-state index in [0.29, 0.717) is 23.5 Å². The Morgan fingerprint density at radius 2 is 1.73 bits per heavy atom. The van der Waals surface area contributed by atoms with Crippen LogP contribution in [0.4, 0.5) is 11.4 Å². The molecule has 8 heteroatoms. The van der Waals surface area contributed by atoms with Crippen LogP contribution in [0.3, 0.4) is 0 Å². The second kappa shape index (κ2) is 10.8. The van der Waals surface area contributed by atoms with E-state index in [0.717, 1.165) is 12.5 Å². The molecule has 3 rings (SSSR count). The highest BCUT2D eigenvalue weighted by molar-refractivity contribution is 6.04. The molecule has 1 aromatic carbocycles. The van der Waals surface area contributed by atoms with Crippen molar-refractivity contribution in [3.8, 4) is 0 Å². The molecule has 1 aromatic heterocycles. The summed E-state index contributed by atoms with van der Waals surface area (Å²) in [5.41, 5.74) is 1.83. The van der Waals surface area contributed by atoms with Crippen LogP contribution in [0.25, 0.3) is 0 Å². The molecule has 1 saturated carbocycles. The second-order valence-electron chi connectivity index (χ2n) is 5.90. The average Bonchev–Trinajstić information content (AvgIpc) is 3.41. The number of hydrogen-bond acceptors (Lipinski definition) is 4. The molecule has 1 fully saturated rings. The summed E-state index contributed by atoms with van der Waals surface area (Å²) in [5.74, 6) is 0.450. The highest BCUT2D eigenvalue weighted by Gasteiger charge is 2.20. The van der Waals surface area contributed by atoms with Gasteiger partial charge in [0.1, 0.15) is 0 Å². The fourth-order valence-electron chi connectivity index (χ4n) is 2.26. The zero-order valence-electron chi connectivity index (χ0n) is 14.1. The molecule has 2 aromatic rings. The topological polar surface area (TPSA) is 83.1 Å². The lowest BCUT2D eigenvalue weighted by Crippen LogP contribution is -2.29. The van der Waals surface area contributed by atoms with Gasteiger partial charge >= 0.3 is 0 Å². The third-order valence-electron chi connectivity index (χ3n) is 3.77. The maximum absolute atomic E-state index is 12.1. The van der Waals surface area contributed by atoms with Gasteiger partial charge in [0.05, 0.1) is 18.4 Å². The number of anilines is 2. The first-order valence-electron chi connectivity index (χ1n) is 8.03. The van der Waals surface area contributed by atoms with E-state index in [1.54, 1.807) is 48.8 Å². The van der Waals surface area contributed by atoms with Crippen molar-refractivity contribution in [2.24, 2.45) is 5.92 Å². The summed E-state index contributed by atoms with van der Waals surface area (Å²) in [4.78, 5) is 27.9. The summed E-state index contributed by atoms with van der Waals surface area (Å²) in [5, 5.41) is 8.71. The van der Waals surface area contributed by atoms with Gasteiger partial charge in [-0.25, -0.2) is 0 Å². The van der Waals surface area contributed by atoms with E-state index in [4.69, 9.17) is 0 Å². The van der Waals surface area contributed by atoms with E-state index in [9.17, 15) is 9.59 Å². The van der Waals surface area contributed by atoms with Gasteiger partial charge in [0.2, 0.25) is 5.91 Å². The van der Waals surface area contributed by atoms with Crippen LogP contribution in [-0.4, -0.2) is 29.9 Å². The molecule has 0 unspecified atom stereocenters. The Morgan fingerprint density at radius 1 is 1.00 bits per heavy atom. The summed E-state index contributed by atoms with van der Waals surface area (Å²) in [6.45, 7) is 1.21. The van der Waals surface area contributed by atoms with Crippen molar-refractivity contribution in [3.63, 3.8) is 0 Å². The molecule has 0 saturated heterocycles. The van der Waals surface area contributed by atoms with Crippen molar-refractivity contribution in [1.82, 2.24) is 10.3 Å². The van der Waals surface area contributed by atoms with Gasteiger partial charge in [-0.3, -0.25) is 14.6 Å². The first-order valence-corrected chi connectivity index (χ1v) is 8.03. The molecule has 1 aliphatic rings. The lowest BCUT2D eigenvalue weighted by molar-refractivity contribution is -0.115. The summed E-state index contributed by atoms with van der Waals surface area (Å²) < 4.78 is 0. The van der Waals surface area contributed by atoms with Gasteiger partial charge in [-0.1, -0.05) is 0 Å². The van der Waals surface area contributed by atoms with Crippen LogP contribution >= 0.6 is 24.8 Å². The summed E-state index contributed by atoms with van der Waals surface area (Å²) in [6.07, 6.45) is 5.75. The maximum atomic E-state index is 12.1. The van der Waals surface area contributed by atoms with Gasteiger partial charge in [-0.15, -0.1) is 24.8 Å². The molecule has 0 aliphatic heterocycles. The number of halogens is 2. The van der Waals surface area contributed by atoms with E-state index in [1.165, 1.54) is 12.8 Å². The number of hydrogen-bond donors (Lipinski definition) is 3. The van der Waals surface area contributed by atoms with Crippen LogP contribution < -0.4 is 16.0 Å². The van der Waals surface area contributed by atoms with Gasteiger partial charge in [0.15, 0.2) is 0 Å². The first kappa shape index (κ1) is 21.9. The van der Waals surface area contributed by atoms with Gasteiger partial charge in [-0.2, -0.15) is 0 Å². The van der Waals surface area contributed by atoms with Crippen LogP contribution in [0.15, 0.2) is 48.8 Å². The van der Waals surface area contributed by atoms with E-state index in [2.05, 4.69) is 20.9 Å². The highest BCUT2D eigenvalue weighted by Crippen LogP contribution is 2.27. The Bertz CT molecular complexity index is 707. The number of benzene rings is 1. The van der Waals surface area contributed by atoms with E-state index >= 15 is 0 Å².